The highest BCUT2D eigenvalue weighted by Crippen LogP contribution is 2.23. The molecule has 1 unspecified atom stereocenters. The van der Waals surface area contributed by atoms with E-state index in [0.29, 0.717) is 12.3 Å². The molecule has 0 aliphatic carbocycles. The van der Waals surface area contributed by atoms with Crippen LogP contribution >= 0.6 is 0 Å². The fourth-order valence-corrected chi connectivity index (χ4v) is 1.97. The zero-order valence-electron chi connectivity index (χ0n) is 10.7. The number of aliphatic hydroxyl groups excluding tert-OH is 1. The molecule has 0 amide bonds. The summed E-state index contributed by atoms with van der Waals surface area (Å²) in [6.45, 7) is 6.41. The number of rotatable bonds is 6. The van der Waals surface area contributed by atoms with Gasteiger partial charge in [0.1, 0.15) is 5.69 Å². The van der Waals surface area contributed by atoms with Crippen LogP contribution in [0.4, 0.5) is 0 Å². The molecule has 0 saturated heterocycles. The zero-order valence-corrected chi connectivity index (χ0v) is 10.7. The fourth-order valence-electron chi connectivity index (χ4n) is 1.97. The molecule has 0 bridgehead atoms. The average molecular weight is 236 g/mol. The molecule has 5 nitrogen and oxygen atoms in total. The Balaban J connectivity index is 2.95. The van der Waals surface area contributed by atoms with Crippen molar-refractivity contribution in [3.05, 3.63) is 11.4 Å². The molecule has 17 heavy (non-hydrogen) atoms. The quantitative estimate of drug-likeness (QED) is 0.817. The van der Waals surface area contributed by atoms with Crippen molar-refractivity contribution >= 4 is 0 Å². The maximum absolute atomic E-state index is 8.84. The monoisotopic (exact) mass is 236 g/mol. The molecule has 1 aromatic rings. The third-order valence-corrected chi connectivity index (χ3v) is 2.80. The Kier molecular flexibility index (Phi) is 5.11. The first-order valence-electron chi connectivity index (χ1n) is 6.03. The molecule has 0 fully saturated rings. The first kappa shape index (κ1) is 13.7. The minimum atomic E-state index is 0.196. The molecule has 0 aliphatic rings. The fraction of sp³-hybridized carbons (Fsp3) is 0.750. The Morgan fingerprint density at radius 1 is 1.41 bits per heavy atom. The molecule has 5 heteroatoms. The van der Waals surface area contributed by atoms with Crippen LogP contribution < -0.4 is 0 Å². The van der Waals surface area contributed by atoms with Crippen LogP contribution in [-0.2, 0) is 6.42 Å². The predicted octanol–water partition coefficient (Wildman–Crippen LogP) is 1.80. The van der Waals surface area contributed by atoms with Crippen molar-refractivity contribution in [3.63, 3.8) is 0 Å². The van der Waals surface area contributed by atoms with E-state index in [2.05, 4.69) is 37.2 Å². The van der Waals surface area contributed by atoms with Crippen molar-refractivity contribution in [2.24, 2.45) is 0 Å². The lowest BCUT2D eigenvalue weighted by Gasteiger charge is -2.16. The zero-order chi connectivity index (χ0) is 12.8. The lowest BCUT2D eigenvalue weighted by Crippen LogP contribution is -2.13. The largest absolute Gasteiger partial charge is 0.396 e. The van der Waals surface area contributed by atoms with Crippen molar-refractivity contribution < 1.29 is 5.11 Å². The molecular formula is C12H20N4O. The second-order valence-electron chi connectivity index (χ2n) is 4.57. The van der Waals surface area contributed by atoms with Crippen LogP contribution in [0.5, 0.6) is 0 Å². The molecule has 94 valence electrons. The minimum absolute atomic E-state index is 0.196. The van der Waals surface area contributed by atoms with Crippen LogP contribution in [-0.4, -0.2) is 26.7 Å². The Hall–Kier alpha value is -1.41. The van der Waals surface area contributed by atoms with Crippen molar-refractivity contribution in [2.75, 3.05) is 6.61 Å². The molecule has 1 rings (SSSR count). The summed E-state index contributed by atoms with van der Waals surface area (Å²) in [5, 5.41) is 25.8. The summed E-state index contributed by atoms with van der Waals surface area (Å²) in [5.74, 6) is 0.296. The summed E-state index contributed by atoms with van der Waals surface area (Å²) in [5.41, 5.74) is 1.82. The maximum atomic E-state index is 8.84. The van der Waals surface area contributed by atoms with Gasteiger partial charge in [-0.1, -0.05) is 19.1 Å². The van der Waals surface area contributed by atoms with Crippen molar-refractivity contribution in [2.45, 2.75) is 52.0 Å². The van der Waals surface area contributed by atoms with Gasteiger partial charge in [-0.3, -0.25) is 0 Å². The number of nitriles is 1. The molecule has 0 radical (unpaired) electrons. The summed E-state index contributed by atoms with van der Waals surface area (Å²) < 4.78 is 1.90. The third-order valence-electron chi connectivity index (χ3n) is 2.80. The normalized spacial score (nSPS) is 12.7. The van der Waals surface area contributed by atoms with Gasteiger partial charge in [0.25, 0.3) is 0 Å². The number of aliphatic hydroxyl groups is 1. The average Bonchev–Trinajstić information content (AvgIpc) is 2.70. The standard InChI is InChI=1S/C12H20N4O/c1-9(2)12-11(6-7-13)14-15-16(12)10(3)5-4-8-17/h9-10,17H,4-6,8H2,1-3H3. The molecule has 0 aliphatic heterocycles. The van der Waals surface area contributed by atoms with E-state index in [1.807, 2.05) is 4.68 Å². The minimum Gasteiger partial charge on any atom is -0.396 e. The van der Waals surface area contributed by atoms with E-state index in [4.69, 9.17) is 10.4 Å². The third kappa shape index (κ3) is 3.27. The summed E-state index contributed by atoms with van der Waals surface area (Å²) in [6, 6.07) is 2.33. The number of hydrogen-bond acceptors (Lipinski definition) is 4. The summed E-state index contributed by atoms with van der Waals surface area (Å²) in [6.07, 6.45) is 1.93. The Bertz CT molecular complexity index is 392. The molecule has 1 aromatic heterocycles. The second-order valence-corrected chi connectivity index (χ2v) is 4.57. The molecule has 0 spiro atoms. The first-order valence-corrected chi connectivity index (χ1v) is 6.03. The highest BCUT2D eigenvalue weighted by atomic mass is 16.2. The molecule has 0 aromatic carbocycles. The van der Waals surface area contributed by atoms with Gasteiger partial charge in [0.15, 0.2) is 0 Å². The van der Waals surface area contributed by atoms with Crippen LogP contribution in [0.2, 0.25) is 0 Å². The predicted molar refractivity (Wildman–Crippen MR) is 64.5 cm³/mol. The van der Waals surface area contributed by atoms with E-state index in [-0.39, 0.29) is 12.6 Å². The van der Waals surface area contributed by atoms with E-state index in [1.165, 1.54) is 0 Å². The molecule has 1 atom stereocenters. The lowest BCUT2D eigenvalue weighted by atomic mass is 10.1. The highest BCUT2D eigenvalue weighted by molar-refractivity contribution is 5.18. The Morgan fingerprint density at radius 2 is 2.12 bits per heavy atom. The van der Waals surface area contributed by atoms with Gasteiger partial charge in [0.2, 0.25) is 0 Å². The summed E-state index contributed by atoms with van der Waals surface area (Å²) in [7, 11) is 0. The first-order chi connectivity index (χ1) is 8.11. The van der Waals surface area contributed by atoms with Gasteiger partial charge >= 0.3 is 0 Å². The van der Waals surface area contributed by atoms with Gasteiger partial charge in [-0.15, -0.1) is 5.10 Å². The summed E-state index contributed by atoms with van der Waals surface area (Å²) >= 11 is 0. The maximum Gasteiger partial charge on any atom is 0.100 e. The molecule has 0 saturated carbocycles. The number of aromatic nitrogens is 3. The highest BCUT2D eigenvalue weighted by Gasteiger charge is 2.19. The van der Waals surface area contributed by atoms with Gasteiger partial charge in [-0.05, 0) is 25.7 Å². The smallest absolute Gasteiger partial charge is 0.100 e. The van der Waals surface area contributed by atoms with Gasteiger partial charge in [0, 0.05) is 6.61 Å². The van der Waals surface area contributed by atoms with Crippen molar-refractivity contribution in [1.82, 2.24) is 15.0 Å². The Morgan fingerprint density at radius 3 is 2.65 bits per heavy atom. The van der Waals surface area contributed by atoms with E-state index in [1.54, 1.807) is 0 Å². The van der Waals surface area contributed by atoms with Crippen LogP contribution in [0.15, 0.2) is 0 Å². The lowest BCUT2D eigenvalue weighted by molar-refractivity contribution is 0.269. The number of nitrogens with zero attached hydrogens (tertiary/aromatic N) is 4. The van der Waals surface area contributed by atoms with E-state index >= 15 is 0 Å². The van der Waals surface area contributed by atoms with E-state index in [0.717, 1.165) is 24.2 Å². The number of hydrogen-bond donors (Lipinski definition) is 1. The molecule has 1 N–H and O–H groups in total. The van der Waals surface area contributed by atoms with Gasteiger partial charge in [-0.2, -0.15) is 5.26 Å². The second kappa shape index (κ2) is 6.36. The van der Waals surface area contributed by atoms with E-state index < -0.39 is 0 Å². The van der Waals surface area contributed by atoms with Crippen LogP contribution in [0, 0.1) is 11.3 Å². The van der Waals surface area contributed by atoms with Crippen LogP contribution in [0.1, 0.15) is 57.0 Å². The Labute approximate surface area is 102 Å². The van der Waals surface area contributed by atoms with Gasteiger partial charge in [0.05, 0.1) is 24.2 Å². The molecular weight excluding hydrogens is 216 g/mol. The SMILES string of the molecule is CC(C)c1c(CC#N)nnn1C(C)CCCO. The van der Waals surface area contributed by atoms with Gasteiger partial charge < -0.3 is 5.11 Å². The van der Waals surface area contributed by atoms with E-state index in [9.17, 15) is 0 Å². The van der Waals surface area contributed by atoms with Gasteiger partial charge in [-0.25, -0.2) is 4.68 Å². The van der Waals surface area contributed by atoms with Crippen LogP contribution in [0.25, 0.3) is 0 Å². The van der Waals surface area contributed by atoms with Crippen molar-refractivity contribution in [1.29, 1.82) is 5.26 Å². The molecule has 1 heterocycles. The van der Waals surface area contributed by atoms with Crippen molar-refractivity contribution in [3.8, 4) is 6.07 Å². The summed E-state index contributed by atoms with van der Waals surface area (Å²) in [4.78, 5) is 0. The van der Waals surface area contributed by atoms with Crippen LogP contribution in [0.3, 0.4) is 0 Å². The topological polar surface area (TPSA) is 74.7 Å².